The predicted octanol–water partition coefficient (Wildman–Crippen LogP) is 10.9. The van der Waals surface area contributed by atoms with Crippen molar-refractivity contribution in [3.05, 3.63) is 82.0 Å². The molecule has 286 valence electrons. The third-order valence-electron chi connectivity index (χ3n) is 10.0. The van der Waals surface area contributed by atoms with Crippen LogP contribution in [0.1, 0.15) is 120 Å². The summed E-state index contributed by atoms with van der Waals surface area (Å²) in [5.74, 6) is -0.629. The molecule has 1 aliphatic rings. The number of aliphatic hydroxyl groups is 1. The molecule has 8 nitrogen and oxygen atoms in total. The summed E-state index contributed by atoms with van der Waals surface area (Å²) >= 11 is 7.10. The summed E-state index contributed by atoms with van der Waals surface area (Å²) in [5, 5.41) is 29.2. The summed E-state index contributed by atoms with van der Waals surface area (Å²) in [6, 6.07) is 14.0. The van der Waals surface area contributed by atoms with Crippen LogP contribution in [0.3, 0.4) is 0 Å². The lowest BCUT2D eigenvalue weighted by atomic mass is 9.92. The van der Waals surface area contributed by atoms with E-state index in [0.29, 0.717) is 69.1 Å². The number of rotatable bonds is 12. The fourth-order valence-corrected chi connectivity index (χ4v) is 7.70. The molecule has 2 aromatic heterocycles. The van der Waals surface area contributed by atoms with Gasteiger partial charge in [0.15, 0.2) is 0 Å². The number of hydrogen-bond acceptors (Lipinski definition) is 5. The molecule has 2 N–H and O–H groups in total. The molecular formula is C43H55ClFN3O5. The molecule has 0 spiro atoms. The molecule has 0 aliphatic carbocycles. The first-order chi connectivity index (χ1) is 25.4. The first kappa shape index (κ1) is 40.3. The molecule has 10 heteroatoms. The van der Waals surface area contributed by atoms with Crippen molar-refractivity contribution in [2.75, 3.05) is 13.2 Å². The Kier molecular flexibility index (Phi) is 13.6. The number of carboxylic acid groups (broad SMARTS) is 1. The number of nitrogens with zero attached hydrogens (tertiary/aromatic N) is 3. The highest BCUT2D eigenvalue weighted by Crippen LogP contribution is 2.45. The van der Waals surface area contributed by atoms with Gasteiger partial charge in [0.25, 0.3) is 0 Å². The summed E-state index contributed by atoms with van der Waals surface area (Å²) in [6.07, 6.45) is 7.97. The number of carbonyl (C=O) groups is 1. The lowest BCUT2D eigenvalue weighted by Gasteiger charge is -2.23. The Morgan fingerprint density at radius 3 is 2.49 bits per heavy atom. The quantitative estimate of drug-likeness (QED) is 0.123. The molecule has 0 amide bonds. The van der Waals surface area contributed by atoms with Gasteiger partial charge in [-0.25, -0.2) is 9.18 Å². The van der Waals surface area contributed by atoms with Gasteiger partial charge in [-0.3, -0.25) is 4.68 Å². The van der Waals surface area contributed by atoms with E-state index in [4.69, 9.17) is 26.2 Å². The molecule has 0 saturated heterocycles. The number of aryl methyl sites for hydroxylation is 3. The normalized spacial score (nSPS) is 14.8. The maximum atomic E-state index is 13.8. The highest BCUT2D eigenvalue weighted by Gasteiger charge is 2.32. The van der Waals surface area contributed by atoms with Gasteiger partial charge in [-0.2, -0.15) is 5.10 Å². The van der Waals surface area contributed by atoms with Crippen LogP contribution in [-0.4, -0.2) is 49.3 Å². The maximum absolute atomic E-state index is 13.8. The third kappa shape index (κ3) is 9.25. The van der Waals surface area contributed by atoms with Crippen LogP contribution in [0.15, 0.2) is 48.5 Å². The number of aromatic carboxylic acids is 1. The molecule has 1 atom stereocenters. The van der Waals surface area contributed by atoms with Crippen LogP contribution >= 0.6 is 11.6 Å². The minimum Gasteiger partial charge on any atom is -0.493 e. The van der Waals surface area contributed by atoms with Crippen LogP contribution in [0.25, 0.3) is 32.8 Å². The van der Waals surface area contributed by atoms with Crippen LogP contribution in [0.2, 0.25) is 5.02 Å². The zero-order valence-electron chi connectivity index (χ0n) is 32.1. The number of fused-ring (bicyclic) bond motifs is 3. The Morgan fingerprint density at radius 1 is 1.06 bits per heavy atom. The number of hydrogen-bond donors (Lipinski definition) is 2. The van der Waals surface area contributed by atoms with Crippen molar-refractivity contribution in [2.24, 2.45) is 7.05 Å². The molecule has 0 fully saturated rings. The number of halogens is 2. The molecule has 53 heavy (non-hydrogen) atoms. The van der Waals surface area contributed by atoms with Crippen LogP contribution in [0.5, 0.6) is 5.75 Å². The number of carboxylic acids is 1. The molecule has 1 aliphatic heterocycles. The monoisotopic (exact) mass is 747 g/mol. The van der Waals surface area contributed by atoms with Gasteiger partial charge in [0.1, 0.15) is 23.4 Å². The summed E-state index contributed by atoms with van der Waals surface area (Å²) in [5.41, 5.74) is 4.29. The summed E-state index contributed by atoms with van der Waals surface area (Å²) in [6.45, 7) is 11.4. The van der Waals surface area contributed by atoms with Gasteiger partial charge in [-0.15, -0.1) is 0 Å². The van der Waals surface area contributed by atoms with Crippen molar-refractivity contribution in [1.29, 1.82) is 0 Å². The van der Waals surface area contributed by atoms with Crippen LogP contribution in [0.4, 0.5) is 4.39 Å². The molecule has 5 aromatic rings. The van der Waals surface area contributed by atoms with Gasteiger partial charge in [0.05, 0.1) is 28.4 Å². The molecule has 3 aromatic carbocycles. The summed E-state index contributed by atoms with van der Waals surface area (Å²) < 4.78 is 30.2. The molecule has 0 bridgehead atoms. The van der Waals surface area contributed by atoms with Gasteiger partial charge in [-0.1, -0.05) is 69.8 Å². The van der Waals surface area contributed by atoms with Crippen molar-refractivity contribution in [3.63, 3.8) is 0 Å². The van der Waals surface area contributed by atoms with Crippen LogP contribution in [-0.2, 0) is 31.2 Å². The van der Waals surface area contributed by atoms with Gasteiger partial charge in [0, 0.05) is 47.8 Å². The molecule has 1 unspecified atom stereocenters. The van der Waals surface area contributed by atoms with E-state index in [9.17, 15) is 19.4 Å². The minimum atomic E-state index is -0.989. The van der Waals surface area contributed by atoms with E-state index in [2.05, 4.69) is 20.8 Å². The van der Waals surface area contributed by atoms with E-state index in [1.54, 1.807) is 19.9 Å². The second-order valence-electron chi connectivity index (χ2n) is 14.6. The SMILES string of the molecule is CCCCC.CCc1c2c(nn1C)C(CCC(C)(C)O)OCCCCn1c(C(=O)O)c(CCCOc3cccc4cc(F)ccc34)c3ccc(Cl)c-2c31. The smallest absolute Gasteiger partial charge is 0.352 e. The highest BCUT2D eigenvalue weighted by atomic mass is 35.5. The standard InChI is InChI=1S/C38H43ClFN3O5.C5H12/c1-5-29-33-32-28(39)16-15-27-26(11-9-21-47-30-12-8-10-23-22-24(40)13-14-25(23)30)36(37(44)45)43(35(27)32)19-6-7-20-48-31(17-18-38(2,3)46)34(33)41-42(29)4;1-3-5-4-2/h8,10,12-16,22,31,46H,5-7,9,11,17-21H2,1-4H3,(H,44,45);3-5H2,1-2H3. The Hall–Kier alpha value is -3.92. The molecule has 6 rings (SSSR count). The van der Waals surface area contributed by atoms with Gasteiger partial charge < -0.3 is 24.3 Å². The van der Waals surface area contributed by atoms with E-state index in [-0.39, 0.29) is 17.6 Å². The van der Waals surface area contributed by atoms with Gasteiger partial charge in [0.2, 0.25) is 0 Å². The fraction of sp³-hybridized carbons (Fsp3) is 0.488. The summed E-state index contributed by atoms with van der Waals surface area (Å²) in [4.78, 5) is 13.1. The van der Waals surface area contributed by atoms with Crippen LogP contribution < -0.4 is 4.74 Å². The lowest BCUT2D eigenvalue weighted by Crippen LogP contribution is -2.20. The molecule has 0 saturated carbocycles. The second-order valence-corrected chi connectivity index (χ2v) is 15.0. The second kappa shape index (κ2) is 17.9. The zero-order valence-corrected chi connectivity index (χ0v) is 32.9. The third-order valence-corrected chi connectivity index (χ3v) is 10.3. The topological polar surface area (TPSA) is 98.7 Å². The zero-order chi connectivity index (χ0) is 38.3. The number of aromatic nitrogens is 3. The molecule has 0 radical (unpaired) electrons. The van der Waals surface area contributed by atoms with Gasteiger partial charge >= 0.3 is 5.97 Å². The Balaban J connectivity index is 0.00000101. The Morgan fingerprint density at radius 2 is 1.81 bits per heavy atom. The minimum absolute atomic E-state index is 0.261. The van der Waals surface area contributed by atoms with E-state index >= 15 is 0 Å². The van der Waals surface area contributed by atoms with Crippen molar-refractivity contribution >= 4 is 39.2 Å². The average molecular weight is 748 g/mol. The average Bonchev–Trinajstić information content (AvgIpc) is 3.60. The first-order valence-corrected chi connectivity index (χ1v) is 19.6. The Labute approximate surface area is 317 Å². The highest BCUT2D eigenvalue weighted by molar-refractivity contribution is 6.35. The van der Waals surface area contributed by atoms with Crippen molar-refractivity contribution in [1.82, 2.24) is 14.3 Å². The maximum Gasteiger partial charge on any atom is 0.352 e. The molecular weight excluding hydrogens is 693 g/mol. The lowest BCUT2D eigenvalue weighted by molar-refractivity contribution is 0.00954. The van der Waals surface area contributed by atoms with Gasteiger partial charge in [-0.05, 0) is 100 Å². The molecule has 3 heterocycles. The number of unbranched alkanes of at least 4 members (excludes halogenated alkanes) is 2. The van der Waals surface area contributed by atoms with Crippen molar-refractivity contribution in [3.8, 4) is 16.9 Å². The number of ether oxygens (including phenoxy) is 2. The first-order valence-electron chi connectivity index (χ1n) is 19.2. The van der Waals surface area contributed by atoms with Crippen LogP contribution in [0, 0.1) is 5.82 Å². The van der Waals surface area contributed by atoms with E-state index < -0.39 is 11.6 Å². The van der Waals surface area contributed by atoms with E-state index in [1.807, 2.05) is 46.6 Å². The Bertz CT molecular complexity index is 2030. The van der Waals surface area contributed by atoms with E-state index in [0.717, 1.165) is 56.2 Å². The largest absolute Gasteiger partial charge is 0.493 e. The van der Waals surface area contributed by atoms with Crippen molar-refractivity contribution in [2.45, 2.75) is 117 Å². The predicted molar refractivity (Wildman–Crippen MR) is 212 cm³/mol. The fourth-order valence-electron chi connectivity index (χ4n) is 7.45. The summed E-state index contributed by atoms with van der Waals surface area (Å²) in [7, 11) is 1.92. The number of benzene rings is 3. The van der Waals surface area contributed by atoms with E-state index in [1.165, 1.54) is 31.4 Å². The van der Waals surface area contributed by atoms with Crippen molar-refractivity contribution < 1.29 is 28.9 Å².